The maximum atomic E-state index is 11.5. The standard InChI is InChI=1S/C12H13NO.C2HF3O2/c14-12-4-2-1-3-11(12)9-10-5-7-13-8-6-10;3-2(4,5)1(6)7/h5-9H,1-4H2;(H,6,7)/b11-9-;. The summed E-state index contributed by atoms with van der Waals surface area (Å²) in [7, 11) is 0. The number of hydrogen-bond donors (Lipinski definition) is 1. The molecule has 1 aromatic rings. The van der Waals surface area contributed by atoms with E-state index in [1.165, 1.54) is 0 Å². The van der Waals surface area contributed by atoms with Crippen LogP contribution in [-0.2, 0) is 9.59 Å². The van der Waals surface area contributed by atoms with Crippen molar-refractivity contribution >= 4 is 17.8 Å². The molecule has 1 aliphatic rings. The van der Waals surface area contributed by atoms with Crippen molar-refractivity contribution in [1.29, 1.82) is 0 Å². The van der Waals surface area contributed by atoms with Gasteiger partial charge >= 0.3 is 12.1 Å². The van der Waals surface area contributed by atoms with Gasteiger partial charge < -0.3 is 5.11 Å². The van der Waals surface area contributed by atoms with Crippen molar-refractivity contribution in [1.82, 2.24) is 4.98 Å². The van der Waals surface area contributed by atoms with E-state index in [0.717, 1.165) is 36.8 Å². The van der Waals surface area contributed by atoms with E-state index in [1.54, 1.807) is 12.4 Å². The average molecular weight is 301 g/mol. The molecule has 1 saturated carbocycles. The molecule has 1 aromatic heterocycles. The van der Waals surface area contributed by atoms with Gasteiger partial charge in [0, 0.05) is 18.8 Å². The highest BCUT2D eigenvalue weighted by Gasteiger charge is 2.38. The van der Waals surface area contributed by atoms with Crippen LogP contribution in [0, 0.1) is 0 Å². The lowest BCUT2D eigenvalue weighted by molar-refractivity contribution is -0.192. The molecule has 0 aromatic carbocycles. The molecule has 1 heterocycles. The Bertz CT molecular complexity index is 524. The Morgan fingerprint density at radius 1 is 1.19 bits per heavy atom. The molecule has 1 fully saturated rings. The molecule has 0 atom stereocenters. The van der Waals surface area contributed by atoms with Gasteiger partial charge in [0.15, 0.2) is 5.78 Å². The van der Waals surface area contributed by atoms with Crippen LogP contribution in [0.3, 0.4) is 0 Å². The van der Waals surface area contributed by atoms with E-state index < -0.39 is 12.1 Å². The Morgan fingerprint density at radius 3 is 2.19 bits per heavy atom. The van der Waals surface area contributed by atoms with E-state index in [-0.39, 0.29) is 0 Å². The topological polar surface area (TPSA) is 67.3 Å². The number of nitrogens with zero attached hydrogens (tertiary/aromatic N) is 1. The predicted octanol–water partition coefficient (Wildman–Crippen LogP) is 3.24. The SMILES string of the molecule is O=C(O)C(F)(F)F.O=C1CCCC/C1=C/c1ccncc1. The molecular formula is C14H14F3NO3. The Kier molecular flexibility index (Phi) is 6.08. The molecule has 1 aliphatic carbocycles. The minimum absolute atomic E-state index is 0.313. The minimum atomic E-state index is -5.08. The fraction of sp³-hybridized carbons (Fsp3) is 0.357. The van der Waals surface area contributed by atoms with Crippen molar-refractivity contribution in [3.8, 4) is 0 Å². The van der Waals surface area contributed by atoms with E-state index in [4.69, 9.17) is 9.90 Å². The summed E-state index contributed by atoms with van der Waals surface area (Å²) >= 11 is 0. The largest absolute Gasteiger partial charge is 0.490 e. The van der Waals surface area contributed by atoms with Crippen molar-refractivity contribution in [3.63, 3.8) is 0 Å². The lowest BCUT2D eigenvalue weighted by Crippen LogP contribution is -2.21. The maximum Gasteiger partial charge on any atom is 0.490 e. The van der Waals surface area contributed by atoms with Gasteiger partial charge in [0.05, 0.1) is 0 Å². The van der Waals surface area contributed by atoms with E-state index in [1.807, 2.05) is 18.2 Å². The Morgan fingerprint density at radius 2 is 1.71 bits per heavy atom. The van der Waals surface area contributed by atoms with E-state index in [0.29, 0.717) is 5.78 Å². The highest BCUT2D eigenvalue weighted by atomic mass is 19.4. The van der Waals surface area contributed by atoms with Crippen molar-refractivity contribution in [2.24, 2.45) is 0 Å². The molecular weight excluding hydrogens is 287 g/mol. The molecule has 0 aliphatic heterocycles. The van der Waals surface area contributed by atoms with E-state index in [2.05, 4.69) is 4.98 Å². The molecule has 7 heteroatoms. The summed E-state index contributed by atoms with van der Waals surface area (Å²) in [6.07, 6.45) is 4.25. The van der Waals surface area contributed by atoms with Crippen LogP contribution in [0.1, 0.15) is 31.2 Å². The van der Waals surface area contributed by atoms with Gasteiger partial charge in [-0.05, 0) is 48.6 Å². The molecule has 4 nitrogen and oxygen atoms in total. The first-order chi connectivity index (χ1) is 9.80. The monoisotopic (exact) mass is 301 g/mol. The highest BCUT2D eigenvalue weighted by Crippen LogP contribution is 2.21. The molecule has 0 radical (unpaired) electrons. The second kappa shape index (κ2) is 7.56. The fourth-order valence-electron chi connectivity index (χ4n) is 1.71. The van der Waals surface area contributed by atoms with Crippen LogP contribution in [-0.4, -0.2) is 28.0 Å². The number of rotatable bonds is 1. The molecule has 0 unspecified atom stereocenters. The van der Waals surface area contributed by atoms with Gasteiger partial charge in [-0.15, -0.1) is 0 Å². The van der Waals surface area contributed by atoms with Crippen LogP contribution in [0.5, 0.6) is 0 Å². The first kappa shape index (κ1) is 16.9. The summed E-state index contributed by atoms with van der Waals surface area (Å²) in [4.78, 5) is 24.4. The molecule has 21 heavy (non-hydrogen) atoms. The third kappa shape index (κ3) is 6.20. The summed E-state index contributed by atoms with van der Waals surface area (Å²) < 4.78 is 31.7. The van der Waals surface area contributed by atoms with Crippen molar-refractivity contribution in [2.75, 3.05) is 0 Å². The smallest absolute Gasteiger partial charge is 0.475 e. The van der Waals surface area contributed by atoms with Crippen LogP contribution < -0.4 is 0 Å². The predicted molar refractivity (Wildman–Crippen MR) is 69.4 cm³/mol. The number of halogens is 3. The minimum Gasteiger partial charge on any atom is -0.475 e. The number of aliphatic carboxylic acids is 1. The number of Topliss-reactive ketones (excluding diaryl/α,β-unsaturated/α-hetero) is 1. The fourth-order valence-corrected chi connectivity index (χ4v) is 1.71. The number of alkyl halides is 3. The molecule has 2 rings (SSSR count). The van der Waals surface area contributed by atoms with E-state index >= 15 is 0 Å². The summed E-state index contributed by atoms with van der Waals surface area (Å²) in [5, 5.41) is 7.12. The molecule has 0 saturated heterocycles. The first-order valence-electron chi connectivity index (χ1n) is 6.24. The van der Waals surface area contributed by atoms with Crippen LogP contribution in [0.15, 0.2) is 30.1 Å². The molecule has 114 valence electrons. The van der Waals surface area contributed by atoms with Gasteiger partial charge in [-0.3, -0.25) is 9.78 Å². The number of pyridine rings is 1. The number of carbonyl (C=O) groups is 2. The summed E-state index contributed by atoms with van der Waals surface area (Å²) in [6.45, 7) is 0. The van der Waals surface area contributed by atoms with Crippen LogP contribution in [0.4, 0.5) is 13.2 Å². The lowest BCUT2D eigenvalue weighted by atomic mass is 9.92. The number of aromatic nitrogens is 1. The normalized spacial score (nSPS) is 17.1. The zero-order valence-corrected chi connectivity index (χ0v) is 11.1. The van der Waals surface area contributed by atoms with Gasteiger partial charge in [-0.25, -0.2) is 4.79 Å². The maximum absolute atomic E-state index is 11.5. The molecule has 0 amide bonds. The third-order valence-corrected chi connectivity index (χ3v) is 2.75. The van der Waals surface area contributed by atoms with E-state index in [9.17, 15) is 18.0 Å². The Balaban J connectivity index is 0.000000270. The van der Waals surface area contributed by atoms with Gasteiger partial charge in [0.25, 0.3) is 0 Å². The summed E-state index contributed by atoms with van der Waals surface area (Å²) in [5.41, 5.74) is 2.05. The molecule has 0 spiro atoms. The van der Waals surface area contributed by atoms with Crippen molar-refractivity contribution in [3.05, 3.63) is 35.7 Å². The molecule has 1 N–H and O–H groups in total. The lowest BCUT2D eigenvalue weighted by Gasteiger charge is -2.12. The van der Waals surface area contributed by atoms with Gasteiger partial charge in [-0.2, -0.15) is 13.2 Å². The summed E-state index contributed by atoms with van der Waals surface area (Å²) in [6, 6.07) is 3.85. The van der Waals surface area contributed by atoms with Gasteiger partial charge in [0.2, 0.25) is 0 Å². The zero-order valence-electron chi connectivity index (χ0n) is 11.1. The van der Waals surface area contributed by atoms with Gasteiger partial charge in [-0.1, -0.05) is 0 Å². The first-order valence-corrected chi connectivity index (χ1v) is 6.24. The molecule has 0 bridgehead atoms. The quantitative estimate of drug-likeness (QED) is 0.809. The number of carbonyl (C=O) groups excluding carboxylic acids is 1. The number of allylic oxidation sites excluding steroid dienone is 1. The number of carboxylic acid groups (broad SMARTS) is 1. The number of hydrogen-bond acceptors (Lipinski definition) is 3. The van der Waals surface area contributed by atoms with Gasteiger partial charge in [0.1, 0.15) is 0 Å². The average Bonchev–Trinajstić information content (AvgIpc) is 2.42. The van der Waals surface area contributed by atoms with Crippen molar-refractivity contribution < 1.29 is 27.9 Å². The Labute approximate surface area is 119 Å². The third-order valence-electron chi connectivity index (χ3n) is 2.75. The zero-order chi connectivity index (χ0) is 15.9. The second-order valence-corrected chi connectivity index (χ2v) is 4.38. The second-order valence-electron chi connectivity index (χ2n) is 4.38. The van der Waals surface area contributed by atoms with Crippen LogP contribution in [0.2, 0.25) is 0 Å². The summed E-state index contributed by atoms with van der Waals surface area (Å²) in [5.74, 6) is -2.44. The number of ketones is 1. The van der Waals surface area contributed by atoms with Crippen molar-refractivity contribution in [2.45, 2.75) is 31.9 Å². The number of carboxylic acids is 1. The highest BCUT2D eigenvalue weighted by molar-refractivity contribution is 6.00. The Hall–Kier alpha value is -2.18. The van der Waals surface area contributed by atoms with Crippen LogP contribution in [0.25, 0.3) is 6.08 Å². The van der Waals surface area contributed by atoms with Crippen LogP contribution >= 0.6 is 0 Å².